The van der Waals surface area contributed by atoms with Gasteiger partial charge in [0.2, 0.25) is 0 Å². The summed E-state index contributed by atoms with van der Waals surface area (Å²) in [5, 5.41) is 0. The second-order valence-electron chi connectivity index (χ2n) is 7.45. The number of halogens is 6. The highest BCUT2D eigenvalue weighted by Crippen LogP contribution is 2.29. The predicted octanol–water partition coefficient (Wildman–Crippen LogP) is 2.88. The molecule has 1 saturated heterocycles. The van der Waals surface area contributed by atoms with E-state index in [1.54, 1.807) is 5.43 Å². The van der Waals surface area contributed by atoms with Gasteiger partial charge in [0, 0.05) is 18.7 Å². The molecule has 3 rings (SSSR count). The minimum absolute atomic E-state index is 0.121. The summed E-state index contributed by atoms with van der Waals surface area (Å²) in [5.41, 5.74) is 1.91. The van der Waals surface area contributed by atoms with Gasteiger partial charge in [0.1, 0.15) is 11.5 Å². The molecule has 9 nitrogen and oxygen atoms in total. The normalized spacial score (nSPS) is 14.2. The van der Waals surface area contributed by atoms with Crippen LogP contribution in [-0.4, -0.2) is 60.2 Å². The van der Waals surface area contributed by atoms with Crippen LogP contribution in [0.3, 0.4) is 0 Å². The average Bonchev–Trinajstić information content (AvgIpc) is 2.85. The molecule has 1 aromatic heterocycles. The number of morpholine rings is 1. The van der Waals surface area contributed by atoms with Crippen molar-refractivity contribution >= 4 is 23.7 Å². The second kappa shape index (κ2) is 10.8. The topological polar surface area (TPSA) is 104 Å². The van der Waals surface area contributed by atoms with Crippen molar-refractivity contribution in [2.75, 3.05) is 31.2 Å². The lowest BCUT2D eigenvalue weighted by Crippen LogP contribution is -2.48. The summed E-state index contributed by atoms with van der Waals surface area (Å²) >= 11 is 0. The van der Waals surface area contributed by atoms with E-state index in [0.717, 1.165) is 17.0 Å². The van der Waals surface area contributed by atoms with Gasteiger partial charge < -0.3 is 9.64 Å². The van der Waals surface area contributed by atoms with Crippen LogP contribution in [-0.2, 0) is 22.3 Å². The summed E-state index contributed by atoms with van der Waals surface area (Å²) in [6, 6.07) is 7.66. The first-order chi connectivity index (χ1) is 16.9. The minimum atomic E-state index is -5.19. The number of pyridine rings is 1. The van der Waals surface area contributed by atoms with Crippen LogP contribution < -0.4 is 15.8 Å². The molecule has 194 valence electrons. The molecule has 0 bridgehead atoms. The molecule has 0 spiro atoms. The van der Waals surface area contributed by atoms with Gasteiger partial charge in [0.25, 0.3) is 5.91 Å². The first kappa shape index (κ1) is 26.7. The lowest BCUT2D eigenvalue weighted by atomic mass is 10.1. The Morgan fingerprint density at radius 1 is 0.944 bits per heavy atom. The maximum Gasteiger partial charge on any atom is 0.472 e. The van der Waals surface area contributed by atoms with Gasteiger partial charge in [-0.2, -0.15) is 26.3 Å². The van der Waals surface area contributed by atoms with Crippen molar-refractivity contribution in [3.8, 4) is 0 Å². The van der Waals surface area contributed by atoms with Crippen molar-refractivity contribution < 1.29 is 45.5 Å². The Balaban J connectivity index is 1.79. The second-order valence-corrected chi connectivity index (χ2v) is 7.45. The van der Waals surface area contributed by atoms with E-state index >= 15 is 0 Å². The molecule has 15 heteroatoms. The standard InChI is InChI=1S/C21H19F6N5O4/c22-20(23,24)15-2-1-3-16(28-15)32(19(35)31-8-10-36-11-9-31)12-13-4-6-14(7-5-13)17(33)29-30-18(34)21(25,26)27/h1-7H,8-12H2,(H,29,33)(H,30,34). The lowest BCUT2D eigenvalue weighted by Gasteiger charge is -2.32. The number of hydrazine groups is 1. The maximum atomic E-state index is 13.2. The number of ether oxygens (including phenoxy) is 1. The molecule has 2 N–H and O–H groups in total. The van der Waals surface area contributed by atoms with Crippen molar-refractivity contribution in [1.82, 2.24) is 20.7 Å². The van der Waals surface area contributed by atoms with Gasteiger partial charge in [-0.1, -0.05) is 18.2 Å². The predicted molar refractivity (Wildman–Crippen MR) is 111 cm³/mol. The number of hydrogen-bond donors (Lipinski definition) is 2. The molecule has 0 aliphatic carbocycles. The van der Waals surface area contributed by atoms with Crippen LogP contribution in [0, 0.1) is 0 Å². The molecule has 0 unspecified atom stereocenters. The SMILES string of the molecule is O=C(NNC(=O)C(F)(F)F)c1ccc(CN(C(=O)N2CCOCC2)c2cccc(C(F)(F)F)n2)cc1. The van der Waals surface area contributed by atoms with E-state index in [0.29, 0.717) is 5.56 Å². The summed E-state index contributed by atoms with van der Waals surface area (Å²) in [7, 11) is 0. The van der Waals surface area contributed by atoms with E-state index in [1.165, 1.54) is 40.7 Å². The Morgan fingerprint density at radius 3 is 2.17 bits per heavy atom. The molecule has 36 heavy (non-hydrogen) atoms. The van der Waals surface area contributed by atoms with Crippen molar-refractivity contribution in [2.24, 2.45) is 0 Å². The van der Waals surface area contributed by atoms with Gasteiger partial charge in [0.05, 0.1) is 19.8 Å². The van der Waals surface area contributed by atoms with Gasteiger partial charge in [0.15, 0.2) is 0 Å². The Hall–Kier alpha value is -3.88. The van der Waals surface area contributed by atoms with Crippen molar-refractivity contribution in [3.05, 3.63) is 59.3 Å². The zero-order valence-corrected chi connectivity index (χ0v) is 18.3. The summed E-state index contributed by atoms with van der Waals surface area (Å²) < 4.78 is 81.5. The molecule has 0 saturated carbocycles. The van der Waals surface area contributed by atoms with E-state index in [-0.39, 0.29) is 44.2 Å². The third-order valence-electron chi connectivity index (χ3n) is 4.92. The van der Waals surface area contributed by atoms with Gasteiger partial charge >= 0.3 is 24.3 Å². The minimum Gasteiger partial charge on any atom is -0.378 e. The highest BCUT2D eigenvalue weighted by molar-refractivity contribution is 5.96. The van der Waals surface area contributed by atoms with E-state index in [4.69, 9.17) is 4.74 Å². The van der Waals surface area contributed by atoms with Crippen LogP contribution in [0.4, 0.5) is 37.0 Å². The zero-order valence-electron chi connectivity index (χ0n) is 18.3. The smallest absolute Gasteiger partial charge is 0.378 e. The van der Waals surface area contributed by atoms with Crippen molar-refractivity contribution in [3.63, 3.8) is 0 Å². The summed E-state index contributed by atoms with van der Waals surface area (Å²) in [6.45, 7) is 0.722. The molecule has 2 aromatic rings. The number of nitrogens with one attached hydrogen (secondary N) is 2. The van der Waals surface area contributed by atoms with Gasteiger partial charge in [-0.25, -0.2) is 9.78 Å². The average molecular weight is 519 g/mol. The Kier molecular flexibility index (Phi) is 8.02. The van der Waals surface area contributed by atoms with E-state index < -0.39 is 35.9 Å². The van der Waals surface area contributed by atoms with E-state index in [9.17, 15) is 40.7 Å². The largest absolute Gasteiger partial charge is 0.472 e. The number of amides is 4. The number of rotatable bonds is 4. The fraction of sp³-hybridized carbons (Fsp3) is 0.333. The molecule has 4 amide bonds. The van der Waals surface area contributed by atoms with Gasteiger partial charge in [-0.05, 0) is 29.8 Å². The van der Waals surface area contributed by atoms with Crippen LogP contribution in [0.15, 0.2) is 42.5 Å². The first-order valence-electron chi connectivity index (χ1n) is 10.3. The molecule has 1 aliphatic heterocycles. The molecule has 0 atom stereocenters. The zero-order chi connectivity index (χ0) is 26.5. The Morgan fingerprint density at radius 2 is 1.58 bits per heavy atom. The first-order valence-corrected chi connectivity index (χ1v) is 10.3. The summed E-state index contributed by atoms with van der Waals surface area (Å²) in [4.78, 5) is 42.0. The van der Waals surface area contributed by atoms with E-state index in [1.807, 2.05) is 0 Å². The molecule has 1 aliphatic rings. The van der Waals surface area contributed by atoms with Crippen LogP contribution in [0.5, 0.6) is 0 Å². The van der Waals surface area contributed by atoms with E-state index in [2.05, 4.69) is 4.98 Å². The lowest BCUT2D eigenvalue weighted by molar-refractivity contribution is -0.174. The molecule has 1 fully saturated rings. The maximum absolute atomic E-state index is 13.2. The molecule has 0 radical (unpaired) electrons. The number of urea groups is 1. The highest BCUT2D eigenvalue weighted by Gasteiger charge is 2.39. The molecule has 2 heterocycles. The van der Waals surface area contributed by atoms with Crippen molar-refractivity contribution in [1.29, 1.82) is 0 Å². The number of benzene rings is 1. The van der Waals surface area contributed by atoms with Crippen LogP contribution in [0.2, 0.25) is 0 Å². The Bertz CT molecular complexity index is 1100. The third-order valence-corrected chi connectivity index (χ3v) is 4.92. The number of carbonyl (C=O) groups is 3. The quantitative estimate of drug-likeness (QED) is 0.478. The number of hydrogen-bond acceptors (Lipinski definition) is 5. The number of aromatic nitrogens is 1. The summed E-state index contributed by atoms with van der Waals surface area (Å²) in [5.74, 6) is -3.66. The van der Waals surface area contributed by atoms with Gasteiger partial charge in [-0.3, -0.25) is 25.3 Å². The Labute approximate surface area is 200 Å². The highest BCUT2D eigenvalue weighted by atomic mass is 19.4. The van der Waals surface area contributed by atoms with Crippen molar-refractivity contribution in [2.45, 2.75) is 18.9 Å². The summed E-state index contributed by atoms with van der Waals surface area (Å²) in [6.07, 6.45) is -9.93. The fourth-order valence-corrected chi connectivity index (χ4v) is 3.10. The molecular weight excluding hydrogens is 500 g/mol. The number of anilines is 1. The number of alkyl halides is 6. The molecular formula is C21H19F6N5O4. The monoisotopic (exact) mass is 519 g/mol. The molecule has 1 aromatic carbocycles. The van der Waals surface area contributed by atoms with Gasteiger partial charge in [-0.15, -0.1) is 0 Å². The third kappa shape index (κ3) is 6.84. The van der Waals surface area contributed by atoms with Crippen LogP contribution >= 0.6 is 0 Å². The fourth-order valence-electron chi connectivity index (χ4n) is 3.10. The number of carbonyl (C=O) groups excluding carboxylic acids is 3. The van der Waals surface area contributed by atoms with Crippen LogP contribution in [0.25, 0.3) is 0 Å². The number of nitrogens with zero attached hydrogens (tertiary/aromatic N) is 3. The van der Waals surface area contributed by atoms with Crippen LogP contribution in [0.1, 0.15) is 21.6 Å².